The van der Waals surface area contributed by atoms with E-state index in [0.29, 0.717) is 24.4 Å². The van der Waals surface area contributed by atoms with Gasteiger partial charge in [0.2, 0.25) is 11.9 Å². The average molecular weight is 253 g/mol. The maximum absolute atomic E-state index is 5.62. The molecule has 1 unspecified atom stereocenters. The van der Waals surface area contributed by atoms with Gasteiger partial charge in [-0.25, -0.2) is 0 Å². The lowest BCUT2D eigenvalue weighted by Crippen LogP contribution is -2.18. The van der Waals surface area contributed by atoms with Gasteiger partial charge < -0.3 is 15.8 Å². The fourth-order valence-corrected chi connectivity index (χ4v) is 1.20. The first-order valence-electron chi connectivity index (χ1n) is 6.41. The van der Waals surface area contributed by atoms with E-state index < -0.39 is 0 Å². The summed E-state index contributed by atoms with van der Waals surface area (Å²) in [5.74, 6) is 1.78. The molecule has 0 aliphatic rings. The Bertz CT molecular complexity index is 369. The quantitative estimate of drug-likeness (QED) is 0.772. The van der Waals surface area contributed by atoms with Crippen LogP contribution in [0, 0.1) is 11.8 Å². The first kappa shape index (κ1) is 14.5. The van der Waals surface area contributed by atoms with Gasteiger partial charge in [-0.05, 0) is 18.3 Å². The van der Waals surface area contributed by atoms with Gasteiger partial charge >= 0.3 is 6.01 Å². The Morgan fingerprint density at radius 1 is 1.22 bits per heavy atom. The van der Waals surface area contributed by atoms with E-state index in [1.165, 1.54) is 0 Å². The predicted molar refractivity (Wildman–Crippen MR) is 72.5 cm³/mol. The number of nitrogens with two attached hydrogens (primary N) is 1. The van der Waals surface area contributed by atoms with E-state index in [2.05, 4.69) is 41.0 Å². The molecule has 6 nitrogen and oxygen atoms in total. The molecule has 6 heteroatoms. The van der Waals surface area contributed by atoms with Gasteiger partial charge in [-0.15, -0.1) is 0 Å². The van der Waals surface area contributed by atoms with Crippen molar-refractivity contribution in [2.75, 3.05) is 24.2 Å². The van der Waals surface area contributed by atoms with Crippen molar-refractivity contribution in [3.05, 3.63) is 0 Å². The van der Waals surface area contributed by atoms with Gasteiger partial charge in [0.05, 0.1) is 6.61 Å². The maximum Gasteiger partial charge on any atom is 0.323 e. The molecule has 18 heavy (non-hydrogen) atoms. The van der Waals surface area contributed by atoms with Gasteiger partial charge in [-0.3, -0.25) is 0 Å². The zero-order valence-corrected chi connectivity index (χ0v) is 11.6. The number of nitrogen functional groups attached to an aromatic ring is 1. The van der Waals surface area contributed by atoms with Crippen molar-refractivity contribution >= 4 is 11.9 Å². The molecule has 0 aromatic carbocycles. The van der Waals surface area contributed by atoms with Gasteiger partial charge in [0.15, 0.2) is 0 Å². The second-order valence-electron chi connectivity index (χ2n) is 4.75. The van der Waals surface area contributed by atoms with Crippen LogP contribution in [-0.2, 0) is 0 Å². The van der Waals surface area contributed by atoms with Gasteiger partial charge in [0.25, 0.3) is 0 Å². The second-order valence-corrected chi connectivity index (χ2v) is 4.75. The van der Waals surface area contributed by atoms with E-state index in [1.54, 1.807) is 0 Å². The average Bonchev–Trinajstić information content (AvgIpc) is 2.32. The fourth-order valence-electron chi connectivity index (χ4n) is 1.20. The third-order valence-corrected chi connectivity index (χ3v) is 2.79. The summed E-state index contributed by atoms with van der Waals surface area (Å²) >= 11 is 0. The molecule has 1 rings (SSSR count). The Morgan fingerprint density at radius 2 is 1.94 bits per heavy atom. The minimum Gasteiger partial charge on any atom is -0.463 e. The summed E-state index contributed by atoms with van der Waals surface area (Å²) in [6, 6.07) is 0.282. The molecule has 0 radical (unpaired) electrons. The molecule has 0 bridgehead atoms. The molecular weight excluding hydrogens is 230 g/mol. The van der Waals surface area contributed by atoms with Crippen molar-refractivity contribution < 1.29 is 4.74 Å². The van der Waals surface area contributed by atoms with Crippen LogP contribution in [0.15, 0.2) is 0 Å². The van der Waals surface area contributed by atoms with E-state index in [4.69, 9.17) is 10.5 Å². The monoisotopic (exact) mass is 253 g/mol. The summed E-state index contributed by atoms with van der Waals surface area (Å²) in [6.07, 6.45) is 0.902. The standard InChI is InChI=1S/C12H23N5O/c1-5-6-18-12-16-10(13)15-11(17-12)14-7-9(4)8(2)3/h8-9H,5-7H2,1-4H3,(H3,13,14,15,16,17). The van der Waals surface area contributed by atoms with Crippen LogP contribution in [0.4, 0.5) is 11.9 Å². The van der Waals surface area contributed by atoms with Gasteiger partial charge in [-0.1, -0.05) is 27.7 Å². The Hall–Kier alpha value is -1.59. The number of rotatable bonds is 7. The number of nitrogens with zero attached hydrogens (tertiary/aromatic N) is 3. The van der Waals surface area contributed by atoms with Crippen LogP contribution in [0.5, 0.6) is 6.01 Å². The molecule has 102 valence electrons. The first-order valence-corrected chi connectivity index (χ1v) is 6.41. The van der Waals surface area contributed by atoms with Crippen LogP contribution in [0.25, 0.3) is 0 Å². The van der Waals surface area contributed by atoms with E-state index in [1.807, 2.05) is 6.92 Å². The lowest BCUT2D eigenvalue weighted by Gasteiger charge is -2.16. The zero-order chi connectivity index (χ0) is 13.5. The number of aromatic nitrogens is 3. The Labute approximate surface area is 108 Å². The van der Waals surface area contributed by atoms with Gasteiger partial charge in [0.1, 0.15) is 0 Å². The lowest BCUT2D eigenvalue weighted by atomic mass is 9.98. The summed E-state index contributed by atoms with van der Waals surface area (Å²) in [4.78, 5) is 12.1. The maximum atomic E-state index is 5.62. The molecule has 0 saturated carbocycles. The van der Waals surface area contributed by atoms with E-state index >= 15 is 0 Å². The highest BCUT2D eigenvalue weighted by atomic mass is 16.5. The molecule has 1 aromatic heterocycles. The topological polar surface area (TPSA) is 86.0 Å². The van der Waals surface area contributed by atoms with E-state index in [-0.39, 0.29) is 12.0 Å². The third kappa shape index (κ3) is 4.73. The predicted octanol–water partition coefficient (Wildman–Crippen LogP) is 1.95. The Morgan fingerprint density at radius 3 is 2.56 bits per heavy atom. The highest BCUT2D eigenvalue weighted by Crippen LogP contribution is 2.12. The normalized spacial score (nSPS) is 12.5. The van der Waals surface area contributed by atoms with Crippen molar-refractivity contribution in [3.8, 4) is 6.01 Å². The van der Waals surface area contributed by atoms with E-state index in [9.17, 15) is 0 Å². The molecule has 0 spiro atoms. The zero-order valence-electron chi connectivity index (χ0n) is 11.6. The lowest BCUT2D eigenvalue weighted by molar-refractivity contribution is 0.292. The molecular formula is C12H23N5O. The highest BCUT2D eigenvalue weighted by Gasteiger charge is 2.09. The van der Waals surface area contributed by atoms with Gasteiger partial charge in [-0.2, -0.15) is 15.0 Å². The number of anilines is 2. The summed E-state index contributed by atoms with van der Waals surface area (Å²) < 4.78 is 5.35. The van der Waals surface area contributed by atoms with Crippen LogP contribution in [0.2, 0.25) is 0 Å². The van der Waals surface area contributed by atoms with Crippen LogP contribution >= 0.6 is 0 Å². The van der Waals surface area contributed by atoms with Crippen LogP contribution in [-0.4, -0.2) is 28.1 Å². The molecule has 0 fully saturated rings. The van der Waals surface area contributed by atoms with E-state index in [0.717, 1.165) is 13.0 Å². The van der Waals surface area contributed by atoms with Crippen LogP contribution in [0.3, 0.4) is 0 Å². The molecule has 1 aromatic rings. The largest absolute Gasteiger partial charge is 0.463 e. The Balaban J connectivity index is 2.62. The van der Waals surface area contributed by atoms with Crippen LogP contribution < -0.4 is 15.8 Å². The number of hydrogen-bond acceptors (Lipinski definition) is 6. The SMILES string of the molecule is CCCOc1nc(N)nc(NCC(C)C(C)C)n1. The number of hydrogen-bond donors (Lipinski definition) is 2. The molecule has 0 aliphatic heterocycles. The molecule has 3 N–H and O–H groups in total. The minimum atomic E-state index is 0.177. The fraction of sp³-hybridized carbons (Fsp3) is 0.750. The van der Waals surface area contributed by atoms with Crippen molar-refractivity contribution in [2.24, 2.45) is 11.8 Å². The number of nitrogens with one attached hydrogen (secondary N) is 1. The molecule has 1 atom stereocenters. The van der Waals surface area contributed by atoms with Crippen molar-refractivity contribution in [3.63, 3.8) is 0 Å². The highest BCUT2D eigenvalue weighted by molar-refractivity contribution is 5.32. The van der Waals surface area contributed by atoms with Crippen molar-refractivity contribution in [2.45, 2.75) is 34.1 Å². The minimum absolute atomic E-state index is 0.177. The summed E-state index contributed by atoms with van der Waals surface area (Å²) in [7, 11) is 0. The molecule has 0 amide bonds. The number of ether oxygens (including phenoxy) is 1. The third-order valence-electron chi connectivity index (χ3n) is 2.79. The van der Waals surface area contributed by atoms with Crippen LogP contribution in [0.1, 0.15) is 34.1 Å². The summed E-state index contributed by atoms with van der Waals surface area (Å²) in [5.41, 5.74) is 5.62. The molecule has 1 heterocycles. The smallest absolute Gasteiger partial charge is 0.323 e. The Kier molecular flexibility index (Phi) is 5.61. The molecule has 0 aliphatic carbocycles. The van der Waals surface area contributed by atoms with Crippen molar-refractivity contribution in [1.29, 1.82) is 0 Å². The second kappa shape index (κ2) is 6.98. The first-order chi connectivity index (χ1) is 8.52. The van der Waals surface area contributed by atoms with Crippen molar-refractivity contribution in [1.82, 2.24) is 15.0 Å². The molecule has 0 saturated heterocycles. The summed E-state index contributed by atoms with van der Waals surface area (Å²) in [6.45, 7) is 9.94. The summed E-state index contributed by atoms with van der Waals surface area (Å²) in [5, 5.41) is 3.16. The van der Waals surface area contributed by atoms with Gasteiger partial charge in [0, 0.05) is 6.54 Å².